The molecule has 0 saturated heterocycles. The molecule has 168 valence electrons. The lowest BCUT2D eigenvalue weighted by Crippen LogP contribution is -2.27. The van der Waals surface area contributed by atoms with Gasteiger partial charge in [0, 0.05) is 23.7 Å². The average molecular weight is 440 g/mol. The Labute approximate surface area is 176 Å². The van der Waals surface area contributed by atoms with E-state index in [4.69, 9.17) is 0 Å². The number of aryl methyl sites for hydroxylation is 1. The van der Waals surface area contributed by atoms with Crippen molar-refractivity contribution < 1.29 is 32.6 Å². The fraction of sp³-hybridized carbons (Fsp3) is 0.400. The predicted molar refractivity (Wildman–Crippen MR) is 105 cm³/mol. The number of amides is 2. The van der Waals surface area contributed by atoms with Gasteiger partial charge in [-0.2, -0.15) is 13.2 Å². The van der Waals surface area contributed by atoms with E-state index in [1.54, 1.807) is 26.8 Å². The Morgan fingerprint density at radius 2 is 1.97 bits per heavy atom. The van der Waals surface area contributed by atoms with Crippen LogP contribution >= 0.6 is 0 Å². The number of anilines is 1. The van der Waals surface area contributed by atoms with Crippen LogP contribution in [0, 0.1) is 6.92 Å². The third-order valence-corrected chi connectivity index (χ3v) is 4.16. The van der Waals surface area contributed by atoms with Crippen LogP contribution in [-0.4, -0.2) is 39.7 Å². The van der Waals surface area contributed by atoms with Gasteiger partial charge in [-0.15, -0.1) is 0 Å². The molecular formula is C20H23F3N4O4. The van der Waals surface area contributed by atoms with Gasteiger partial charge < -0.3 is 20.5 Å². The largest absolute Gasteiger partial charge is 0.468 e. The van der Waals surface area contributed by atoms with Gasteiger partial charge in [0.05, 0.1) is 18.3 Å². The van der Waals surface area contributed by atoms with Crippen molar-refractivity contribution in [3.8, 4) is 5.88 Å². The molecule has 2 heterocycles. The summed E-state index contributed by atoms with van der Waals surface area (Å²) in [5.41, 5.74) is 1.32. The van der Waals surface area contributed by atoms with E-state index in [1.165, 1.54) is 18.3 Å². The molecule has 1 atom stereocenters. The van der Waals surface area contributed by atoms with Gasteiger partial charge in [0.2, 0.25) is 11.8 Å². The highest BCUT2D eigenvalue weighted by Gasteiger charge is 2.29. The topological polar surface area (TPSA) is 113 Å². The zero-order chi connectivity index (χ0) is 23.2. The number of pyridine rings is 2. The van der Waals surface area contributed by atoms with E-state index in [1.807, 2.05) is 0 Å². The first kappa shape index (κ1) is 24.1. The Morgan fingerprint density at radius 1 is 1.26 bits per heavy atom. The summed E-state index contributed by atoms with van der Waals surface area (Å²) in [6.45, 7) is 3.02. The Balaban J connectivity index is 2.13. The summed E-state index contributed by atoms with van der Waals surface area (Å²) in [5.74, 6) is -0.791. The van der Waals surface area contributed by atoms with Crippen molar-refractivity contribution in [2.75, 3.05) is 11.9 Å². The van der Waals surface area contributed by atoms with Crippen LogP contribution in [0.25, 0.3) is 0 Å². The monoisotopic (exact) mass is 440 g/mol. The molecule has 2 rings (SSSR count). The minimum absolute atomic E-state index is 0.139. The van der Waals surface area contributed by atoms with E-state index in [0.29, 0.717) is 11.1 Å². The lowest BCUT2D eigenvalue weighted by atomic mass is 10.1. The number of nitrogens with zero attached hydrogens (tertiary/aromatic N) is 2. The second-order valence-corrected chi connectivity index (χ2v) is 6.78. The predicted octanol–water partition coefficient (Wildman–Crippen LogP) is 3.06. The number of ether oxygens (including phenoxy) is 1. The molecule has 0 fully saturated rings. The summed E-state index contributed by atoms with van der Waals surface area (Å²) in [5, 5.41) is 14.6. The van der Waals surface area contributed by atoms with Crippen molar-refractivity contribution in [2.45, 2.75) is 46.0 Å². The standard InChI is InChI=1S/C20H23F3N4O4/c1-4-17(29)27-16-7-13(6-15(9-28)26-16)18(30)25-12(3)14-5-11(2)19(24-8-14)31-10-20(21,22)23/h5-8,12,28H,4,9-10H2,1-3H3,(H,25,30)(H,26,27,29). The van der Waals surface area contributed by atoms with Gasteiger partial charge in [-0.3, -0.25) is 9.59 Å². The van der Waals surface area contributed by atoms with Crippen LogP contribution in [0.4, 0.5) is 19.0 Å². The zero-order valence-electron chi connectivity index (χ0n) is 17.2. The second-order valence-electron chi connectivity index (χ2n) is 6.78. The Morgan fingerprint density at radius 3 is 2.55 bits per heavy atom. The van der Waals surface area contributed by atoms with Crippen molar-refractivity contribution in [1.29, 1.82) is 0 Å². The van der Waals surface area contributed by atoms with Gasteiger partial charge in [-0.1, -0.05) is 6.92 Å². The summed E-state index contributed by atoms with van der Waals surface area (Å²) in [6, 6.07) is 3.81. The summed E-state index contributed by atoms with van der Waals surface area (Å²) in [6.07, 6.45) is -2.93. The van der Waals surface area contributed by atoms with E-state index < -0.39 is 31.3 Å². The summed E-state index contributed by atoms with van der Waals surface area (Å²) >= 11 is 0. The third-order valence-electron chi connectivity index (χ3n) is 4.16. The first-order valence-electron chi connectivity index (χ1n) is 9.41. The van der Waals surface area contributed by atoms with Crippen LogP contribution in [0.1, 0.15) is 53.5 Å². The van der Waals surface area contributed by atoms with Crippen LogP contribution in [0.3, 0.4) is 0 Å². The fourth-order valence-corrected chi connectivity index (χ4v) is 2.58. The van der Waals surface area contributed by atoms with Crippen LogP contribution in [0.2, 0.25) is 0 Å². The van der Waals surface area contributed by atoms with Crippen LogP contribution < -0.4 is 15.4 Å². The van der Waals surface area contributed by atoms with Crippen LogP contribution in [0.5, 0.6) is 5.88 Å². The molecule has 1 unspecified atom stereocenters. The number of aliphatic hydroxyl groups is 1. The van der Waals surface area contributed by atoms with E-state index in [2.05, 4.69) is 25.3 Å². The molecule has 2 amide bonds. The highest BCUT2D eigenvalue weighted by Crippen LogP contribution is 2.23. The molecular weight excluding hydrogens is 417 g/mol. The molecule has 0 bridgehead atoms. The van der Waals surface area contributed by atoms with E-state index in [0.717, 1.165) is 0 Å². The van der Waals surface area contributed by atoms with E-state index >= 15 is 0 Å². The molecule has 0 aliphatic heterocycles. The minimum atomic E-state index is -4.47. The Bertz CT molecular complexity index is 951. The molecule has 31 heavy (non-hydrogen) atoms. The number of rotatable bonds is 8. The number of carbonyl (C=O) groups excluding carboxylic acids is 2. The van der Waals surface area contributed by atoms with Crippen molar-refractivity contribution in [3.63, 3.8) is 0 Å². The zero-order valence-corrected chi connectivity index (χ0v) is 17.2. The highest BCUT2D eigenvalue weighted by molar-refractivity contribution is 5.96. The number of halogens is 3. The number of alkyl halides is 3. The van der Waals surface area contributed by atoms with Crippen LogP contribution in [0.15, 0.2) is 24.4 Å². The van der Waals surface area contributed by atoms with Crippen molar-refractivity contribution in [2.24, 2.45) is 0 Å². The quantitative estimate of drug-likeness (QED) is 0.582. The molecule has 3 N–H and O–H groups in total. The highest BCUT2D eigenvalue weighted by atomic mass is 19.4. The molecule has 8 nitrogen and oxygen atoms in total. The fourth-order valence-electron chi connectivity index (χ4n) is 2.58. The molecule has 0 aliphatic rings. The molecule has 2 aromatic rings. The normalized spacial score (nSPS) is 12.2. The number of hydrogen-bond acceptors (Lipinski definition) is 6. The molecule has 0 aromatic carbocycles. The number of carbonyl (C=O) groups is 2. The van der Waals surface area contributed by atoms with Gasteiger partial charge in [-0.25, -0.2) is 9.97 Å². The molecule has 0 saturated carbocycles. The molecule has 11 heteroatoms. The lowest BCUT2D eigenvalue weighted by Gasteiger charge is -2.17. The number of hydrogen-bond donors (Lipinski definition) is 3. The van der Waals surface area contributed by atoms with Gasteiger partial charge in [0.1, 0.15) is 5.82 Å². The van der Waals surface area contributed by atoms with Crippen LogP contribution in [-0.2, 0) is 11.4 Å². The summed E-state index contributed by atoms with van der Waals surface area (Å²) < 4.78 is 41.6. The van der Waals surface area contributed by atoms with Crippen molar-refractivity contribution >= 4 is 17.6 Å². The van der Waals surface area contributed by atoms with E-state index in [-0.39, 0.29) is 35.3 Å². The van der Waals surface area contributed by atoms with Crippen molar-refractivity contribution in [1.82, 2.24) is 15.3 Å². The van der Waals surface area contributed by atoms with Gasteiger partial charge in [0.15, 0.2) is 6.61 Å². The van der Waals surface area contributed by atoms with E-state index in [9.17, 15) is 27.9 Å². The number of aromatic nitrogens is 2. The Kier molecular flexibility index (Phi) is 7.92. The second kappa shape index (κ2) is 10.2. The van der Waals surface area contributed by atoms with Crippen molar-refractivity contribution in [3.05, 3.63) is 46.8 Å². The third kappa shape index (κ3) is 7.21. The minimum Gasteiger partial charge on any atom is -0.468 e. The van der Waals surface area contributed by atoms with Gasteiger partial charge >= 0.3 is 6.18 Å². The maximum atomic E-state index is 12.7. The lowest BCUT2D eigenvalue weighted by molar-refractivity contribution is -0.154. The molecule has 0 spiro atoms. The molecule has 2 aromatic heterocycles. The SMILES string of the molecule is CCC(=O)Nc1cc(C(=O)NC(C)c2cnc(OCC(F)(F)F)c(C)c2)cc(CO)n1. The number of nitrogens with one attached hydrogen (secondary N) is 2. The number of aliphatic hydroxyl groups excluding tert-OH is 1. The summed E-state index contributed by atoms with van der Waals surface area (Å²) in [4.78, 5) is 32.2. The first-order valence-corrected chi connectivity index (χ1v) is 9.41. The van der Waals surface area contributed by atoms with Gasteiger partial charge in [-0.05, 0) is 37.6 Å². The molecule has 0 aliphatic carbocycles. The summed E-state index contributed by atoms with van der Waals surface area (Å²) in [7, 11) is 0. The maximum absolute atomic E-state index is 12.7. The average Bonchev–Trinajstić information content (AvgIpc) is 2.71. The smallest absolute Gasteiger partial charge is 0.422 e. The maximum Gasteiger partial charge on any atom is 0.422 e. The molecule has 0 radical (unpaired) electrons. The Hall–Kier alpha value is -3.21. The first-order chi connectivity index (χ1) is 14.5. The van der Waals surface area contributed by atoms with Gasteiger partial charge in [0.25, 0.3) is 5.91 Å².